The SMILES string of the molecule is C=C/C(=C\C=C(/C)N1C(=O)CC(C)C1=O)Nc1ccc(Oc2ccc(Nc3ccc(N)cc3)cc2)cc1. The normalized spacial score (nSPS) is 16.1. The third-order valence-electron chi connectivity index (χ3n) is 5.88. The van der Waals surface area contributed by atoms with Gasteiger partial charge in [0.15, 0.2) is 0 Å². The molecule has 0 radical (unpaired) electrons. The van der Waals surface area contributed by atoms with Gasteiger partial charge < -0.3 is 21.1 Å². The molecule has 1 unspecified atom stereocenters. The first-order valence-corrected chi connectivity index (χ1v) is 12.0. The Bertz CT molecular complexity index is 1340. The molecular formula is C30H30N4O3. The molecule has 1 aliphatic heterocycles. The quantitative estimate of drug-likeness (QED) is 0.176. The average Bonchev–Trinajstić information content (AvgIpc) is 3.15. The van der Waals surface area contributed by atoms with Crippen LogP contribution in [0.2, 0.25) is 0 Å². The molecule has 4 rings (SSSR count). The van der Waals surface area contributed by atoms with E-state index in [4.69, 9.17) is 10.5 Å². The molecule has 0 aliphatic carbocycles. The Morgan fingerprint density at radius 3 is 1.97 bits per heavy atom. The van der Waals surface area contributed by atoms with Crippen LogP contribution in [0.5, 0.6) is 11.5 Å². The molecule has 1 saturated heterocycles. The molecule has 1 atom stereocenters. The Morgan fingerprint density at radius 1 is 0.919 bits per heavy atom. The van der Waals surface area contributed by atoms with E-state index in [0.717, 1.165) is 34.2 Å². The smallest absolute Gasteiger partial charge is 0.236 e. The zero-order valence-electron chi connectivity index (χ0n) is 20.9. The molecule has 7 nitrogen and oxygen atoms in total. The van der Waals surface area contributed by atoms with Crippen LogP contribution in [0.4, 0.5) is 22.7 Å². The molecule has 3 aromatic rings. The van der Waals surface area contributed by atoms with Crippen molar-refractivity contribution in [2.24, 2.45) is 5.92 Å². The predicted octanol–water partition coefficient (Wildman–Crippen LogP) is 6.59. The van der Waals surface area contributed by atoms with Crippen molar-refractivity contribution in [2.75, 3.05) is 16.4 Å². The van der Waals surface area contributed by atoms with Crippen molar-refractivity contribution in [3.05, 3.63) is 109 Å². The van der Waals surface area contributed by atoms with E-state index < -0.39 is 0 Å². The third-order valence-corrected chi connectivity index (χ3v) is 5.88. The maximum atomic E-state index is 12.2. The number of carbonyl (C=O) groups excluding carboxylic acids is 2. The summed E-state index contributed by atoms with van der Waals surface area (Å²) in [7, 11) is 0. The number of benzene rings is 3. The first kappa shape index (κ1) is 25.3. The van der Waals surface area contributed by atoms with Crippen LogP contribution in [-0.2, 0) is 9.59 Å². The first-order chi connectivity index (χ1) is 17.8. The van der Waals surface area contributed by atoms with E-state index >= 15 is 0 Å². The Labute approximate surface area is 216 Å². The number of imide groups is 1. The second kappa shape index (κ2) is 11.3. The number of carbonyl (C=O) groups is 2. The van der Waals surface area contributed by atoms with Crippen LogP contribution in [-0.4, -0.2) is 16.7 Å². The summed E-state index contributed by atoms with van der Waals surface area (Å²) in [5.74, 6) is 0.808. The summed E-state index contributed by atoms with van der Waals surface area (Å²) in [5.41, 5.74) is 10.5. The Kier molecular flexibility index (Phi) is 7.74. The van der Waals surface area contributed by atoms with Crippen molar-refractivity contribution in [3.8, 4) is 11.5 Å². The second-order valence-electron chi connectivity index (χ2n) is 8.83. The molecule has 1 heterocycles. The maximum Gasteiger partial charge on any atom is 0.236 e. The summed E-state index contributed by atoms with van der Waals surface area (Å²) in [6, 6.07) is 22.8. The third kappa shape index (κ3) is 6.46. The second-order valence-corrected chi connectivity index (χ2v) is 8.83. The number of nitrogens with zero attached hydrogens (tertiary/aromatic N) is 1. The average molecular weight is 495 g/mol. The largest absolute Gasteiger partial charge is 0.457 e. The molecule has 0 aromatic heterocycles. The van der Waals surface area contributed by atoms with Crippen molar-refractivity contribution in [3.63, 3.8) is 0 Å². The lowest BCUT2D eigenvalue weighted by Crippen LogP contribution is -2.28. The van der Waals surface area contributed by atoms with Gasteiger partial charge in [-0.2, -0.15) is 0 Å². The molecule has 0 spiro atoms. The molecule has 1 fully saturated rings. The van der Waals surface area contributed by atoms with E-state index in [1.54, 1.807) is 32.1 Å². The van der Waals surface area contributed by atoms with Crippen molar-refractivity contribution in [2.45, 2.75) is 20.3 Å². The van der Waals surface area contributed by atoms with Gasteiger partial charge in [-0.3, -0.25) is 14.5 Å². The van der Waals surface area contributed by atoms with Gasteiger partial charge in [-0.25, -0.2) is 0 Å². The molecule has 188 valence electrons. The molecule has 4 N–H and O–H groups in total. The Balaban J connectivity index is 1.35. The monoisotopic (exact) mass is 494 g/mol. The van der Waals surface area contributed by atoms with E-state index in [9.17, 15) is 9.59 Å². The van der Waals surface area contributed by atoms with Gasteiger partial charge in [0.05, 0.1) is 0 Å². The number of nitrogen functional groups attached to an aromatic ring is 1. The summed E-state index contributed by atoms with van der Waals surface area (Å²) < 4.78 is 5.96. The number of allylic oxidation sites excluding steroid dienone is 4. The molecule has 3 aromatic carbocycles. The highest BCUT2D eigenvalue weighted by molar-refractivity contribution is 6.05. The summed E-state index contributed by atoms with van der Waals surface area (Å²) in [6.45, 7) is 7.36. The fraction of sp³-hybridized carbons (Fsp3) is 0.133. The molecule has 0 saturated carbocycles. The van der Waals surface area contributed by atoms with E-state index in [1.165, 1.54) is 4.90 Å². The van der Waals surface area contributed by atoms with Gasteiger partial charge in [0.2, 0.25) is 11.8 Å². The van der Waals surface area contributed by atoms with Gasteiger partial charge in [-0.15, -0.1) is 0 Å². The number of likely N-dealkylation sites (tertiary alicyclic amines) is 1. The van der Waals surface area contributed by atoms with Gasteiger partial charge in [0.25, 0.3) is 0 Å². The topological polar surface area (TPSA) is 96.7 Å². The lowest BCUT2D eigenvalue weighted by Gasteiger charge is -2.14. The highest BCUT2D eigenvalue weighted by atomic mass is 16.5. The van der Waals surface area contributed by atoms with Crippen LogP contribution < -0.4 is 21.1 Å². The van der Waals surface area contributed by atoms with Gasteiger partial charge in [0.1, 0.15) is 11.5 Å². The number of ether oxygens (including phenoxy) is 1. The standard InChI is InChI=1S/C30H30N4O3/c1-4-23(8-5-21(3)34-29(35)19-20(2)30(34)36)32-25-11-15-27(16-12-25)37-28-17-13-26(14-18-28)33-24-9-6-22(31)7-10-24/h4-18,20,32-33H,1,19,31H2,2-3H3/b21-5+,23-8+. The molecule has 0 bridgehead atoms. The minimum Gasteiger partial charge on any atom is -0.457 e. The van der Waals surface area contributed by atoms with Crippen LogP contribution in [0.15, 0.2) is 109 Å². The molecule has 2 amide bonds. The van der Waals surface area contributed by atoms with Crippen LogP contribution in [0.25, 0.3) is 0 Å². The first-order valence-electron chi connectivity index (χ1n) is 12.0. The minimum absolute atomic E-state index is 0.163. The van der Waals surface area contributed by atoms with Crippen molar-refractivity contribution >= 4 is 34.6 Å². The zero-order valence-corrected chi connectivity index (χ0v) is 20.9. The summed E-state index contributed by atoms with van der Waals surface area (Å²) in [4.78, 5) is 25.6. The number of anilines is 4. The molecule has 1 aliphatic rings. The maximum absolute atomic E-state index is 12.2. The Morgan fingerprint density at radius 2 is 1.46 bits per heavy atom. The Hall–Kier alpha value is -4.78. The van der Waals surface area contributed by atoms with Crippen LogP contribution in [0.3, 0.4) is 0 Å². The predicted molar refractivity (Wildman–Crippen MR) is 148 cm³/mol. The van der Waals surface area contributed by atoms with E-state index in [0.29, 0.717) is 11.4 Å². The fourth-order valence-corrected chi connectivity index (χ4v) is 3.85. The van der Waals surface area contributed by atoms with Crippen molar-refractivity contribution < 1.29 is 14.3 Å². The van der Waals surface area contributed by atoms with Gasteiger partial charge in [-0.05, 0) is 97.9 Å². The fourth-order valence-electron chi connectivity index (χ4n) is 3.85. The number of hydrogen-bond acceptors (Lipinski definition) is 6. The lowest BCUT2D eigenvalue weighted by atomic mass is 10.1. The number of nitrogens with one attached hydrogen (secondary N) is 2. The summed E-state index contributed by atoms with van der Waals surface area (Å²) in [6.07, 6.45) is 5.45. The number of hydrogen-bond donors (Lipinski definition) is 3. The summed E-state index contributed by atoms with van der Waals surface area (Å²) in [5, 5.41) is 6.59. The van der Waals surface area contributed by atoms with Gasteiger partial charge in [0, 0.05) is 46.5 Å². The number of rotatable bonds is 9. The van der Waals surface area contributed by atoms with E-state index in [-0.39, 0.29) is 24.2 Å². The van der Waals surface area contributed by atoms with Gasteiger partial charge >= 0.3 is 0 Å². The van der Waals surface area contributed by atoms with Crippen LogP contribution >= 0.6 is 0 Å². The lowest BCUT2D eigenvalue weighted by molar-refractivity contribution is -0.136. The van der Waals surface area contributed by atoms with Crippen molar-refractivity contribution in [1.82, 2.24) is 4.90 Å². The van der Waals surface area contributed by atoms with E-state index in [2.05, 4.69) is 17.2 Å². The zero-order chi connectivity index (χ0) is 26.4. The summed E-state index contributed by atoms with van der Waals surface area (Å²) >= 11 is 0. The number of nitrogens with two attached hydrogens (primary N) is 1. The van der Waals surface area contributed by atoms with Gasteiger partial charge in [-0.1, -0.05) is 13.5 Å². The molecular weight excluding hydrogens is 464 g/mol. The van der Waals surface area contributed by atoms with Crippen LogP contribution in [0.1, 0.15) is 20.3 Å². The highest BCUT2D eigenvalue weighted by Gasteiger charge is 2.36. The molecule has 37 heavy (non-hydrogen) atoms. The minimum atomic E-state index is -0.276. The highest BCUT2D eigenvalue weighted by Crippen LogP contribution is 2.27. The van der Waals surface area contributed by atoms with E-state index in [1.807, 2.05) is 72.8 Å². The molecule has 7 heteroatoms. The number of amides is 2. The van der Waals surface area contributed by atoms with Crippen molar-refractivity contribution in [1.29, 1.82) is 0 Å². The van der Waals surface area contributed by atoms with Crippen LogP contribution in [0, 0.1) is 5.92 Å².